The van der Waals surface area contributed by atoms with Gasteiger partial charge in [0.05, 0.1) is 0 Å². The molecule has 0 saturated heterocycles. The number of unbranched alkanes of at least 4 members (excludes halogenated alkanes) is 2. The van der Waals surface area contributed by atoms with Gasteiger partial charge in [-0.05, 0) is 42.9 Å². The van der Waals surface area contributed by atoms with Crippen molar-refractivity contribution in [1.29, 1.82) is 0 Å². The van der Waals surface area contributed by atoms with E-state index in [4.69, 9.17) is 0 Å². The van der Waals surface area contributed by atoms with Gasteiger partial charge in [0.15, 0.2) is 0 Å². The van der Waals surface area contributed by atoms with Crippen LogP contribution in [-0.2, 0) is 17.4 Å². The van der Waals surface area contributed by atoms with E-state index in [9.17, 15) is 14.4 Å². The molecule has 0 unspecified atom stereocenters. The van der Waals surface area contributed by atoms with Gasteiger partial charge in [0.1, 0.15) is 13.6 Å². The van der Waals surface area contributed by atoms with Gasteiger partial charge in [0.2, 0.25) is 0 Å². The van der Waals surface area contributed by atoms with E-state index in [-0.39, 0.29) is 64.9 Å². The molecule has 1 rings (SSSR count). The summed E-state index contributed by atoms with van der Waals surface area (Å²) in [5.41, 5.74) is 1.97. The van der Waals surface area contributed by atoms with Crippen LogP contribution in [0.15, 0.2) is 18.2 Å². The second-order valence-corrected chi connectivity index (χ2v) is 5.76. The Kier molecular flexibility index (Phi) is 14.6. The van der Waals surface area contributed by atoms with Crippen molar-refractivity contribution in [1.82, 2.24) is 0 Å². The Bertz CT molecular complexity index is 449. The molecular weight excluding hydrogens is 309 g/mol. The maximum Gasteiger partial charge on any atom is 1.00 e. The Labute approximate surface area is 171 Å². The molecule has 0 N–H and O–H groups in total. The van der Waals surface area contributed by atoms with E-state index in [0.29, 0.717) is 0 Å². The predicted molar refractivity (Wildman–Crippen MR) is 71.9 cm³/mol. The summed E-state index contributed by atoms with van der Waals surface area (Å²) in [4.78, 5) is 21.5. The minimum absolute atomic E-state index is 0. The monoisotopic (exact) mass is 330 g/mol. The molecule has 0 heterocycles. The van der Waals surface area contributed by atoms with Gasteiger partial charge in [0.25, 0.3) is 0 Å². The second-order valence-electron chi connectivity index (χ2n) is 4.69. The average molecular weight is 330 g/mol. The number of rotatable bonds is 8. The Balaban J connectivity index is 0. The van der Waals surface area contributed by atoms with Crippen LogP contribution in [0.3, 0.4) is 0 Å². The topological polar surface area (TPSA) is 72.4 Å². The fourth-order valence-electron chi connectivity index (χ4n) is 1.94. The van der Waals surface area contributed by atoms with Gasteiger partial charge < -0.3 is 18.9 Å². The van der Waals surface area contributed by atoms with Crippen molar-refractivity contribution in [3.8, 4) is 5.75 Å². The predicted octanol–water partition coefficient (Wildman–Crippen LogP) is -3.41. The van der Waals surface area contributed by atoms with Crippen molar-refractivity contribution in [3.63, 3.8) is 0 Å². The van der Waals surface area contributed by atoms with E-state index in [1.165, 1.54) is 0 Å². The number of aryl methyl sites for hydroxylation is 2. The molecule has 0 amide bonds. The minimum Gasteiger partial charge on any atom is -0.780 e. The van der Waals surface area contributed by atoms with E-state index in [1.807, 2.05) is 12.1 Å². The van der Waals surface area contributed by atoms with Crippen LogP contribution in [0.5, 0.6) is 5.75 Å². The quantitative estimate of drug-likeness (QED) is 0.368. The summed E-state index contributed by atoms with van der Waals surface area (Å²) < 4.78 is 15.3. The third-order valence-electron chi connectivity index (χ3n) is 2.95. The molecule has 0 atom stereocenters. The molecule has 0 aromatic heterocycles. The molecule has 1 aromatic rings. The first-order valence-electron chi connectivity index (χ1n) is 6.79. The normalized spacial score (nSPS) is 10.5. The Morgan fingerprint density at radius 1 is 1.05 bits per heavy atom. The molecule has 7 heteroatoms. The van der Waals surface area contributed by atoms with Crippen LogP contribution in [0.4, 0.5) is 0 Å². The largest absolute Gasteiger partial charge is 1.00 e. The second kappa shape index (κ2) is 12.6. The minimum atomic E-state index is -4.98. The van der Waals surface area contributed by atoms with Crippen LogP contribution >= 0.6 is 7.82 Å². The van der Waals surface area contributed by atoms with Gasteiger partial charge >= 0.3 is 59.1 Å². The van der Waals surface area contributed by atoms with Gasteiger partial charge in [0, 0.05) is 0 Å². The summed E-state index contributed by atoms with van der Waals surface area (Å²) >= 11 is 0. The maximum absolute atomic E-state index is 10.7. The number of benzene rings is 1. The summed E-state index contributed by atoms with van der Waals surface area (Å²) in [6.07, 6.45) is 5.84. The summed E-state index contributed by atoms with van der Waals surface area (Å²) in [6, 6.07) is 5.38. The molecule has 0 radical (unpaired) electrons. The summed E-state index contributed by atoms with van der Waals surface area (Å²) in [7, 11) is -4.98. The van der Waals surface area contributed by atoms with Crippen LogP contribution in [0.25, 0.3) is 0 Å². The van der Waals surface area contributed by atoms with Crippen molar-refractivity contribution < 1.29 is 78.0 Å². The molecule has 0 aliphatic rings. The van der Waals surface area contributed by atoms with Crippen molar-refractivity contribution in [3.05, 3.63) is 29.3 Å². The number of phosphoric acid groups is 1. The molecule has 0 spiro atoms. The zero-order chi connectivity index (χ0) is 14.3. The molecule has 0 aliphatic carbocycles. The van der Waals surface area contributed by atoms with Gasteiger partial charge in [-0.25, -0.2) is 0 Å². The summed E-state index contributed by atoms with van der Waals surface area (Å²) in [5, 5.41) is 0. The van der Waals surface area contributed by atoms with Gasteiger partial charge in [-0.15, -0.1) is 0 Å². The Morgan fingerprint density at radius 3 is 2.14 bits per heavy atom. The third kappa shape index (κ3) is 10.5. The van der Waals surface area contributed by atoms with E-state index in [1.54, 1.807) is 6.07 Å². The standard InChI is InChI=1S/C14H23O4P.2Na/c1-3-5-7-12-9-10-14(18-19(15,16)17)13(11-12)8-6-4-2;;/h9-11H,3-8H2,1-2H3,(H2,15,16,17);;/q;2*+1/p-2. The van der Waals surface area contributed by atoms with Crippen LogP contribution in [-0.4, -0.2) is 0 Å². The van der Waals surface area contributed by atoms with Crippen LogP contribution in [0, 0.1) is 0 Å². The molecule has 21 heavy (non-hydrogen) atoms. The molecule has 0 aliphatic heterocycles. The number of phosphoric ester groups is 1. The first-order valence-corrected chi connectivity index (χ1v) is 8.25. The maximum atomic E-state index is 10.7. The molecule has 0 saturated carbocycles. The van der Waals surface area contributed by atoms with Crippen molar-refractivity contribution in [2.75, 3.05) is 0 Å². The van der Waals surface area contributed by atoms with Gasteiger partial charge in [-0.2, -0.15) is 0 Å². The van der Waals surface area contributed by atoms with E-state index < -0.39 is 7.82 Å². The number of hydrogen-bond acceptors (Lipinski definition) is 4. The van der Waals surface area contributed by atoms with Crippen molar-refractivity contribution in [2.45, 2.75) is 52.4 Å². The van der Waals surface area contributed by atoms with Crippen LogP contribution in [0.2, 0.25) is 0 Å². The Morgan fingerprint density at radius 2 is 1.62 bits per heavy atom. The number of hydrogen-bond donors (Lipinski definition) is 0. The van der Waals surface area contributed by atoms with E-state index in [2.05, 4.69) is 18.4 Å². The molecule has 0 bridgehead atoms. The van der Waals surface area contributed by atoms with Crippen LogP contribution < -0.4 is 73.4 Å². The Hall–Kier alpha value is 1.17. The zero-order valence-electron chi connectivity index (χ0n) is 13.6. The zero-order valence-corrected chi connectivity index (χ0v) is 18.4. The van der Waals surface area contributed by atoms with E-state index in [0.717, 1.165) is 49.7 Å². The smallest absolute Gasteiger partial charge is 0.780 e. The summed E-state index contributed by atoms with van der Waals surface area (Å²) in [5.74, 6) is 0.182. The first kappa shape index (κ1) is 24.4. The fraction of sp³-hybridized carbons (Fsp3) is 0.571. The average Bonchev–Trinajstić information content (AvgIpc) is 2.34. The molecule has 4 nitrogen and oxygen atoms in total. The van der Waals surface area contributed by atoms with E-state index >= 15 is 0 Å². The molecule has 0 fully saturated rings. The van der Waals surface area contributed by atoms with Crippen molar-refractivity contribution in [2.24, 2.45) is 0 Å². The molecule has 1 aromatic carbocycles. The first-order chi connectivity index (χ1) is 8.96. The summed E-state index contributed by atoms with van der Waals surface area (Å²) in [6.45, 7) is 4.19. The SMILES string of the molecule is CCCCc1ccc(OP(=O)([O-])[O-])c(CCCC)c1.[Na+].[Na+]. The fourth-order valence-corrected chi connectivity index (χ4v) is 2.36. The molecule has 108 valence electrons. The van der Waals surface area contributed by atoms with Gasteiger partial charge in [-0.1, -0.05) is 38.8 Å². The third-order valence-corrected chi connectivity index (χ3v) is 3.37. The van der Waals surface area contributed by atoms with Crippen LogP contribution in [0.1, 0.15) is 50.7 Å². The molecular formula is C14H21Na2O4P. The van der Waals surface area contributed by atoms with Gasteiger partial charge in [-0.3, -0.25) is 0 Å². The van der Waals surface area contributed by atoms with Crippen molar-refractivity contribution >= 4 is 7.82 Å².